The lowest BCUT2D eigenvalue weighted by atomic mass is 9.99. The van der Waals surface area contributed by atoms with Gasteiger partial charge >= 0.3 is 23.9 Å². The summed E-state index contributed by atoms with van der Waals surface area (Å²) >= 11 is 0. The van der Waals surface area contributed by atoms with Crippen molar-refractivity contribution in [2.45, 2.75) is 62.7 Å². The van der Waals surface area contributed by atoms with Crippen LogP contribution < -0.4 is 10.6 Å². The lowest BCUT2D eigenvalue weighted by molar-refractivity contribution is -0.149. The Hall–Kier alpha value is -2.20. The van der Waals surface area contributed by atoms with Crippen LogP contribution in [0.1, 0.15) is 38.5 Å². The topological polar surface area (TPSA) is 129 Å². The highest BCUT2D eigenvalue weighted by atomic mass is 16.5. The van der Waals surface area contributed by atoms with Crippen LogP contribution in [0, 0.1) is 0 Å². The number of carbonyl (C=O) groups excluding carboxylic acids is 4. The summed E-state index contributed by atoms with van der Waals surface area (Å²) in [6.07, 6.45) is 4.49. The highest BCUT2D eigenvalue weighted by Gasteiger charge is 2.32. The molecule has 0 aromatic carbocycles. The van der Waals surface area contributed by atoms with Crippen LogP contribution in [0.15, 0.2) is 0 Å². The molecule has 0 aromatic rings. The maximum absolute atomic E-state index is 11.2. The minimum absolute atomic E-state index is 0.321. The molecule has 160 valence electrons. The van der Waals surface area contributed by atoms with Gasteiger partial charge in [0.2, 0.25) is 0 Å². The van der Waals surface area contributed by atoms with E-state index in [9.17, 15) is 19.2 Å². The molecule has 0 radical (unpaired) electrons. The maximum atomic E-state index is 11.2. The molecule has 10 heteroatoms. The zero-order valence-corrected chi connectivity index (χ0v) is 16.8. The molecule has 2 aliphatic rings. The first-order valence-corrected chi connectivity index (χ1v) is 9.21. The molecule has 2 fully saturated rings. The third-order valence-corrected chi connectivity index (χ3v) is 4.72. The molecule has 0 aromatic heterocycles. The second-order valence-corrected chi connectivity index (χ2v) is 6.50. The molecule has 0 unspecified atom stereocenters. The summed E-state index contributed by atoms with van der Waals surface area (Å²) in [6.45, 7) is 0. The van der Waals surface area contributed by atoms with Crippen molar-refractivity contribution in [3.63, 3.8) is 0 Å². The van der Waals surface area contributed by atoms with Crippen LogP contribution in [0.3, 0.4) is 0 Å². The Balaban J connectivity index is 0.000000280. The van der Waals surface area contributed by atoms with E-state index in [1.807, 2.05) is 0 Å². The lowest BCUT2D eigenvalue weighted by Gasteiger charge is -2.27. The highest BCUT2D eigenvalue weighted by molar-refractivity contribution is 5.80. The van der Waals surface area contributed by atoms with Gasteiger partial charge in [-0.3, -0.25) is 29.8 Å². The molecular weight excluding hydrogens is 372 g/mol. The fourth-order valence-electron chi connectivity index (χ4n) is 3.18. The predicted molar refractivity (Wildman–Crippen MR) is 97.2 cm³/mol. The number of piperidine rings is 2. The summed E-state index contributed by atoms with van der Waals surface area (Å²) in [7, 11) is 5.36. The Morgan fingerprint density at radius 2 is 0.750 bits per heavy atom. The van der Waals surface area contributed by atoms with Gasteiger partial charge in [0.1, 0.15) is 24.2 Å². The molecule has 2 N–H and O–H groups in total. The van der Waals surface area contributed by atoms with E-state index in [2.05, 4.69) is 29.6 Å². The van der Waals surface area contributed by atoms with E-state index in [0.29, 0.717) is 25.7 Å². The van der Waals surface area contributed by atoms with Gasteiger partial charge in [0.15, 0.2) is 0 Å². The largest absolute Gasteiger partial charge is 0.468 e. The van der Waals surface area contributed by atoms with Crippen molar-refractivity contribution in [2.75, 3.05) is 28.4 Å². The third-order valence-electron chi connectivity index (χ3n) is 4.72. The molecule has 4 atom stereocenters. The van der Waals surface area contributed by atoms with Crippen LogP contribution in [0.5, 0.6) is 0 Å². The molecular formula is C18H30N2O8. The fraction of sp³-hybridized carbons (Fsp3) is 0.778. The van der Waals surface area contributed by atoms with Crippen molar-refractivity contribution in [1.82, 2.24) is 10.6 Å². The van der Waals surface area contributed by atoms with Crippen LogP contribution in [0.4, 0.5) is 0 Å². The summed E-state index contributed by atoms with van der Waals surface area (Å²) in [4.78, 5) is 44.7. The summed E-state index contributed by atoms with van der Waals surface area (Å²) in [5.74, 6) is -1.28. The highest BCUT2D eigenvalue weighted by Crippen LogP contribution is 2.15. The van der Waals surface area contributed by atoms with E-state index in [1.54, 1.807) is 0 Å². The van der Waals surface area contributed by atoms with Crippen LogP contribution in [-0.2, 0) is 38.1 Å². The van der Waals surface area contributed by atoms with Gasteiger partial charge in [-0.05, 0) is 38.5 Å². The monoisotopic (exact) mass is 402 g/mol. The molecule has 0 bridgehead atoms. The van der Waals surface area contributed by atoms with Gasteiger partial charge in [0, 0.05) is 0 Å². The van der Waals surface area contributed by atoms with E-state index >= 15 is 0 Å². The summed E-state index contributed by atoms with van der Waals surface area (Å²) < 4.78 is 18.4. The molecule has 0 amide bonds. The van der Waals surface area contributed by atoms with E-state index < -0.39 is 0 Å². The average Bonchev–Trinajstić information content (AvgIpc) is 2.77. The number of rotatable bonds is 4. The Bertz CT molecular complexity index is 462. The minimum Gasteiger partial charge on any atom is -0.468 e. The molecule has 28 heavy (non-hydrogen) atoms. The van der Waals surface area contributed by atoms with Gasteiger partial charge in [-0.1, -0.05) is 0 Å². The van der Waals surface area contributed by atoms with Crippen molar-refractivity contribution < 1.29 is 38.1 Å². The van der Waals surface area contributed by atoms with Gasteiger partial charge in [0.05, 0.1) is 28.4 Å². The quantitative estimate of drug-likeness (QED) is 0.477. The zero-order chi connectivity index (χ0) is 21.1. The number of ether oxygens (including phenoxy) is 4. The van der Waals surface area contributed by atoms with Crippen molar-refractivity contribution in [2.24, 2.45) is 0 Å². The van der Waals surface area contributed by atoms with Crippen molar-refractivity contribution in [3.05, 3.63) is 0 Å². The van der Waals surface area contributed by atoms with Crippen LogP contribution in [0.25, 0.3) is 0 Å². The van der Waals surface area contributed by atoms with Gasteiger partial charge in [-0.25, -0.2) is 0 Å². The molecule has 0 aliphatic carbocycles. The third kappa shape index (κ3) is 7.08. The number of nitrogens with one attached hydrogen (secondary N) is 2. The number of methoxy groups -OCH3 is 4. The van der Waals surface area contributed by atoms with Crippen LogP contribution in [0.2, 0.25) is 0 Å². The standard InChI is InChI=1S/2C9H15NO4/c2*1-13-8(11)6-4-3-5-7(10-6)9(12)14-2/h2*6-7,10H,3-5H2,1-2H3/t2*6-,7+. The normalized spacial score (nSPS) is 26.7. The summed E-state index contributed by atoms with van der Waals surface area (Å²) in [6, 6.07) is -1.51. The number of carbonyl (C=O) groups is 4. The molecule has 0 saturated carbocycles. The molecule has 2 rings (SSSR count). The second-order valence-electron chi connectivity index (χ2n) is 6.50. The smallest absolute Gasteiger partial charge is 0.322 e. The fourth-order valence-corrected chi connectivity index (χ4v) is 3.18. The second kappa shape index (κ2) is 12.3. The Labute approximate surface area is 164 Å². The van der Waals surface area contributed by atoms with Crippen molar-refractivity contribution in [1.29, 1.82) is 0 Å². The average molecular weight is 402 g/mol. The molecule has 2 aliphatic heterocycles. The first-order chi connectivity index (χ1) is 13.4. The Kier molecular flexibility index (Phi) is 10.5. The SMILES string of the molecule is COC(=O)[C@@H]1CCC[C@H](C(=O)OC)N1.COC(=O)[C@@H]1CCC[C@H](C(=O)OC)N1. The number of hydrogen-bond acceptors (Lipinski definition) is 10. The minimum atomic E-state index is -0.377. The summed E-state index contributed by atoms with van der Waals surface area (Å²) in [5.41, 5.74) is 0. The molecule has 2 heterocycles. The first-order valence-electron chi connectivity index (χ1n) is 9.21. The molecule has 10 nitrogen and oxygen atoms in total. The first kappa shape index (κ1) is 23.8. The van der Waals surface area contributed by atoms with Gasteiger partial charge < -0.3 is 18.9 Å². The van der Waals surface area contributed by atoms with Crippen LogP contribution >= 0.6 is 0 Å². The van der Waals surface area contributed by atoms with E-state index in [0.717, 1.165) is 12.8 Å². The molecule has 0 spiro atoms. The van der Waals surface area contributed by atoms with E-state index in [-0.39, 0.29) is 48.0 Å². The predicted octanol–water partition coefficient (Wildman–Crippen LogP) is -0.314. The van der Waals surface area contributed by atoms with Crippen LogP contribution in [-0.4, -0.2) is 76.5 Å². The van der Waals surface area contributed by atoms with Crippen molar-refractivity contribution in [3.8, 4) is 0 Å². The molecule has 2 saturated heterocycles. The zero-order valence-electron chi connectivity index (χ0n) is 16.8. The van der Waals surface area contributed by atoms with Gasteiger partial charge in [-0.2, -0.15) is 0 Å². The van der Waals surface area contributed by atoms with Crippen molar-refractivity contribution >= 4 is 23.9 Å². The Morgan fingerprint density at radius 1 is 0.536 bits per heavy atom. The van der Waals surface area contributed by atoms with E-state index in [1.165, 1.54) is 28.4 Å². The number of esters is 4. The Morgan fingerprint density at radius 3 is 0.929 bits per heavy atom. The number of hydrogen-bond donors (Lipinski definition) is 2. The van der Waals surface area contributed by atoms with Gasteiger partial charge in [-0.15, -0.1) is 0 Å². The maximum Gasteiger partial charge on any atom is 0.322 e. The van der Waals surface area contributed by atoms with E-state index in [4.69, 9.17) is 0 Å². The lowest BCUT2D eigenvalue weighted by Crippen LogP contribution is -2.50. The van der Waals surface area contributed by atoms with Gasteiger partial charge in [0.25, 0.3) is 0 Å². The summed E-state index contributed by atoms with van der Waals surface area (Å²) in [5, 5.41) is 5.81.